The summed E-state index contributed by atoms with van der Waals surface area (Å²) in [4.78, 5) is 0. The smallest absolute Gasteiger partial charge is 0.203 e. The van der Waals surface area contributed by atoms with Crippen molar-refractivity contribution in [3.8, 4) is 0 Å². The Morgan fingerprint density at radius 2 is 2.33 bits per heavy atom. The molecule has 2 N–H and O–H groups in total. The zero-order valence-electron chi connectivity index (χ0n) is 6.91. The Labute approximate surface area is 79.8 Å². The van der Waals surface area contributed by atoms with E-state index in [2.05, 4.69) is 17.1 Å². The molecule has 1 unspecified atom stereocenters. The average molecular weight is 201 g/mol. The highest BCUT2D eigenvalue weighted by Gasteiger charge is 2.34. The van der Waals surface area contributed by atoms with Gasteiger partial charge in [0.05, 0.1) is 4.75 Å². The van der Waals surface area contributed by atoms with Crippen LogP contribution < -0.4 is 5.73 Å². The molecular weight excluding hydrogens is 190 g/mol. The molecule has 3 nitrogen and oxygen atoms in total. The zero-order chi connectivity index (χ0) is 8.60. The quantitative estimate of drug-likeness (QED) is 0.753. The Hall–Kier alpha value is -0.290. The lowest BCUT2D eigenvalue weighted by atomic mass is 10.1. The maximum atomic E-state index is 5.54. The van der Waals surface area contributed by atoms with E-state index in [9.17, 15) is 0 Å². The molecule has 1 aliphatic heterocycles. The van der Waals surface area contributed by atoms with Crippen LogP contribution in [0.15, 0.2) is 0 Å². The Morgan fingerprint density at radius 1 is 1.50 bits per heavy atom. The third kappa shape index (κ3) is 1.31. The van der Waals surface area contributed by atoms with Crippen LogP contribution in [0.25, 0.3) is 0 Å². The predicted molar refractivity (Wildman–Crippen MR) is 53.4 cm³/mol. The number of thioether (sulfide) groups is 1. The molecule has 0 bridgehead atoms. The minimum Gasteiger partial charge on any atom is -0.374 e. The minimum atomic E-state index is 0.190. The van der Waals surface area contributed by atoms with Crippen molar-refractivity contribution in [3.05, 3.63) is 5.01 Å². The molecule has 1 saturated heterocycles. The van der Waals surface area contributed by atoms with Crippen LogP contribution in [-0.4, -0.2) is 16.0 Å². The highest BCUT2D eigenvalue weighted by atomic mass is 32.2. The monoisotopic (exact) mass is 201 g/mol. The molecule has 5 heteroatoms. The number of nitrogens with two attached hydrogens (primary N) is 1. The third-order valence-corrected chi connectivity index (χ3v) is 4.78. The van der Waals surface area contributed by atoms with E-state index >= 15 is 0 Å². The number of hydrogen-bond donors (Lipinski definition) is 1. The van der Waals surface area contributed by atoms with Gasteiger partial charge < -0.3 is 5.73 Å². The summed E-state index contributed by atoms with van der Waals surface area (Å²) in [6.45, 7) is 2.23. The highest BCUT2D eigenvalue weighted by molar-refractivity contribution is 8.00. The Kier molecular flexibility index (Phi) is 2.00. The molecule has 1 fully saturated rings. The summed E-state index contributed by atoms with van der Waals surface area (Å²) in [7, 11) is 0. The van der Waals surface area contributed by atoms with Crippen molar-refractivity contribution in [2.75, 3.05) is 11.5 Å². The lowest BCUT2D eigenvalue weighted by Crippen LogP contribution is -2.11. The van der Waals surface area contributed by atoms with E-state index in [1.165, 1.54) is 29.9 Å². The predicted octanol–water partition coefficient (Wildman–Crippen LogP) is 1.86. The summed E-state index contributed by atoms with van der Waals surface area (Å²) in [6.07, 6.45) is 2.48. The fraction of sp³-hybridized carbons (Fsp3) is 0.714. The second kappa shape index (κ2) is 2.88. The molecule has 2 rings (SSSR count). The fourth-order valence-electron chi connectivity index (χ4n) is 1.40. The molecule has 1 atom stereocenters. The standard InChI is InChI=1S/C7H11N3S2/c1-7(3-2-4-11-7)5-9-10-6(8)12-5/h2-4H2,1H3,(H2,8,10). The van der Waals surface area contributed by atoms with Gasteiger partial charge >= 0.3 is 0 Å². The molecule has 0 saturated carbocycles. The van der Waals surface area contributed by atoms with Gasteiger partial charge in [-0.1, -0.05) is 11.3 Å². The molecule has 1 aliphatic rings. The van der Waals surface area contributed by atoms with Crippen molar-refractivity contribution in [3.63, 3.8) is 0 Å². The van der Waals surface area contributed by atoms with E-state index in [0.29, 0.717) is 5.13 Å². The second-order valence-corrected chi connectivity index (χ2v) is 5.74. The first kappa shape index (κ1) is 8.31. The van der Waals surface area contributed by atoms with Gasteiger partial charge in [0.1, 0.15) is 5.01 Å². The number of anilines is 1. The van der Waals surface area contributed by atoms with Crippen molar-refractivity contribution in [1.82, 2.24) is 10.2 Å². The van der Waals surface area contributed by atoms with Crippen LogP contribution in [0.3, 0.4) is 0 Å². The number of aromatic nitrogens is 2. The Bertz CT molecular complexity index is 278. The molecule has 0 aliphatic carbocycles. The first-order valence-corrected chi connectivity index (χ1v) is 5.74. The van der Waals surface area contributed by atoms with Crippen molar-refractivity contribution >= 4 is 28.2 Å². The van der Waals surface area contributed by atoms with Gasteiger partial charge in [-0.25, -0.2) is 0 Å². The van der Waals surface area contributed by atoms with Gasteiger partial charge in [-0.2, -0.15) is 0 Å². The molecule has 66 valence electrons. The normalized spacial score (nSPS) is 29.4. The van der Waals surface area contributed by atoms with E-state index in [4.69, 9.17) is 5.73 Å². The van der Waals surface area contributed by atoms with E-state index in [1.807, 2.05) is 11.8 Å². The third-order valence-electron chi connectivity index (χ3n) is 2.11. The second-order valence-electron chi connectivity index (χ2n) is 3.13. The number of nitrogen functional groups attached to an aromatic ring is 1. The molecule has 2 heterocycles. The molecule has 1 aromatic rings. The summed E-state index contributed by atoms with van der Waals surface area (Å²) in [5.41, 5.74) is 5.54. The lowest BCUT2D eigenvalue weighted by Gasteiger charge is -2.17. The first-order valence-electron chi connectivity index (χ1n) is 3.94. The Morgan fingerprint density at radius 3 is 2.83 bits per heavy atom. The SMILES string of the molecule is CC1(c2nnc(N)s2)CCCS1. The number of hydrogen-bond acceptors (Lipinski definition) is 5. The number of nitrogens with zero attached hydrogens (tertiary/aromatic N) is 2. The summed E-state index contributed by atoms with van der Waals surface area (Å²) in [5, 5.41) is 9.60. The first-order chi connectivity index (χ1) is 5.71. The van der Waals surface area contributed by atoms with Gasteiger partial charge in [0.15, 0.2) is 0 Å². The Balaban J connectivity index is 2.28. The topological polar surface area (TPSA) is 51.8 Å². The maximum Gasteiger partial charge on any atom is 0.203 e. The van der Waals surface area contributed by atoms with Crippen LogP contribution in [0.1, 0.15) is 24.8 Å². The van der Waals surface area contributed by atoms with Gasteiger partial charge in [0.25, 0.3) is 0 Å². The van der Waals surface area contributed by atoms with E-state index in [1.54, 1.807) is 0 Å². The minimum absolute atomic E-state index is 0.190. The van der Waals surface area contributed by atoms with E-state index in [-0.39, 0.29) is 4.75 Å². The molecule has 1 aromatic heterocycles. The van der Waals surface area contributed by atoms with Gasteiger partial charge in [0, 0.05) is 0 Å². The van der Waals surface area contributed by atoms with Crippen LogP contribution in [0.5, 0.6) is 0 Å². The number of rotatable bonds is 1. The van der Waals surface area contributed by atoms with Crippen LogP contribution >= 0.6 is 23.1 Å². The molecule has 12 heavy (non-hydrogen) atoms. The maximum absolute atomic E-state index is 5.54. The van der Waals surface area contributed by atoms with Crippen molar-refractivity contribution in [2.45, 2.75) is 24.5 Å². The van der Waals surface area contributed by atoms with Crippen molar-refractivity contribution < 1.29 is 0 Å². The lowest BCUT2D eigenvalue weighted by molar-refractivity contribution is 0.634. The van der Waals surface area contributed by atoms with Gasteiger partial charge in [-0.05, 0) is 25.5 Å². The average Bonchev–Trinajstić information content (AvgIpc) is 2.59. The summed E-state index contributed by atoms with van der Waals surface area (Å²) in [6, 6.07) is 0. The van der Waals surface area contributed by atoms with Gasteiger partial charge in [-0.15, -0.1) is 22.0 Å². The van der Waals surface area contributed by atoms with Crippen molar-refractivity contribution in [1.29, 1.82) is 0 Å². The summed E-state index contributed by atoms with van der Waals surface area (Å²) < 4.78 is 0.190. The molecule has 0 aromatic carbocycles. The van der Waals surface area contributed by atoms with Gasteiger partial charge in [0.2, 0.25) is 5.13 Å². The highest BCUT2D eigenvalue weighted by Crippen LogP contribution is 2.47. The molecule has 0 spiro atoms. The van der Waals surface area contributed by atoms with Crippen LogP contribution in [-0.2, 0) is 4.75 Å². The molecule has 0 amide bonds. The van der Waals surface area contributed by atoms with E-state index in [0.717, 1.165) is 5.01 Å². The fourth-order valence-corrected chi connectivity index (χ4v) is 3.57. The molecule has 0 radical (unpaired) electrons. The van der Waals surface area contributed by atoms with Gasteiger partial charge in [-0.3, -0.25) is 0 Å². The van der Waals surface area contributed by atoms with Crippen molar-refractivity contribution in [2.24, 2.45) is 0 Å². The summed E-state index contributed by atoms with van der Waals surface area (Å²) >= 11 is 3.48. The van der Waals surface area contributed by atoms with Crippen LogP contribution in [0.4, 0.5) is 5.13 Å². The van der Waals surface area contributed by atoms with Crippen LogP contribution in [0.2, 0.25) is 0 Å². The van der Waals surface area contributed by atoms with E-state index < -0.39 is 0 Å². The van der Waals surface area contributed by atoms with Crippen LogP contribution in [0, 0.1) is 0 Å². The largest absolute Gasteiger partial charge is 0.374 e. The zero-order valence-corrected chi connectivity index (χ0v) is 8.54. The summed E-state index contributed by atoms with van der Waals surface area (Å²) in [5.74, 6) is 1.23. The molecular formula is C7H11N3S2.